The van der Waals surface area contributed by atoms with E-state index < -0.39 is 11.8 Å². The molecule has 1 N–H and O–H groups in total. The number of anilines is 1. The minimum atomic E-state index is -0.540. The first-order valence-electron chi connectivity index (χ1n) is 7.55. The zero-order valence-corrected chi connectivity index (χ0v) is 12.0. The van der Waals surface area contributed by atoms with Crippen LogP contribution in [0.3, 0.4) is 0 Å². The second-order valence-corrected chi connectivity index (χ2v) is 5.53. The summed E-state index contributed by atoms with van der Waals surface area (Å²) >= 11 is 0. The predicted molar refractivity (Wildman–Crippen MR) is 79.1 cm³/mol. The normalized spacial score (nSPS) is 21.0. The number of fused-ring (bicyclic) bond motifs is 1. The van der Waals surface area contributed by atoms with Gasteiger partial charge in [0.25, 0.3) is 0 Å². The molecule has 0 radical (unpaired) electrons. The Kier molecular flexibility index (Phi) is 4.20. The summed E-state index contributed by atoms with van der Waals surface area (Å²) in [5.41, 5.74) is 1.99. The van der Waals surface area contributed by atoms with E-state index in [1.54, 1.807) is 4.90 Å². The van der Waals surface area contributed by atoms with Gasteiger partial charge < -0.3 is 15.0 Å². The average molecular weight is 288 g/mol. The largest absolute Gasteiger partial charge is 0.376 e. The van der Waals surface area contributed by atoms with Crippen LogP contribution < -0.4 is 10.2 Å². The number of carbonyl (C=O) groups excluding carboxylic acids is 2. The number of aryl methyl sites for hydroxylation is 1. The number of rotatable bonds is 2. The Morgan fingerprint density at radius 2 is 2.14 bits per heavy atom. The Morgan fingerprint density at radius 3 is 2.95 bits per heavy atom. The van der Waals surface area contributed by atoms with Gasteiger partial charge in [-0.2, -0.15) is 0 Å². The van der Waals surface area contributed by atoms with E-state index in [0.717, 1.165) is 43.5 Å². The molecule has 0 bridgehead atoms. The standard InChI is InChI=1S/C16H20N2O3/c19-15(17-11-13-7-4-10-21-13)16(20)18-9-3-6-12-5-1-2-8-14(12)18/h1-2,5,8,13H,3-4,6-7,9-11H2,(H,17,19). The highest BCUT2D eigenvalue weighted by molar-refractivity contribution is 6.40. The van der Waals surface area contributed by atoms with Gasteiger partial charge in [0.1, 0.15) is 0 Å². The van der Waals surface area contributed by atoms with Gasteiger partial charge in [-0.1, -0.05) is 18.2 Å². The van der Waals surface area contributed by atoms with Crippen molar-refractivity contribution in [2.24, 2.45) is 0 Å². The van der Waals surface area contributed by atoms with E-state index in [1.807, 2.05) is 24.3 Å². The maximum atomic E-state index is 12.3. The van der Waals surface area contributed by atoms with Crippen LogP contribution in [0.15, 0.2) is 24.3 Å². The number of ether oxygens (including phenoxy) is 1. The van der Waals surface area contributed by atoms with Gasteiger partial charge in [0.2, 0.25) is 0 Å². The fraction of sp³-hybridized carbons (Fsp3) is 0.500. The van der Waals surface area contributed by atoms with Gasteiger partial charge >= 0.3 is 11.8 Å². The van der Waals surface area contributed by atoms with Gasteiger partial charge in [-0.3, -0.25) is 9.59 Å². The molecule has 5 heteroatoms. The van der Waals surface area contributed by atoms with E-state index >= 15 is 0 Å². The Hall–Kier alpha value is -1.88. The third-order valence-corrected chi connectivity index (χ3v) is 4.06. The highest BCUT2D eigenvalue weighted by Crippen LogP contribution is 2.26. The Morgan fingerprint density at radius 1 is 1.29 bits per heavy atom. The first-order chi connectivity index (χ1) is 10.3. The lowest BCUT2D eigenvalue weighted by Gasteiger charge is -2.28. The van der Waals surface area contributed by atoms with Gasteiger partial charge in [0.05, 0.1) is 6.10 Å². The minimum Gasteiger partial charge on any atom is -0.376 e. The summed E-state index contributed by atoms with van der Waals surface area (Å²) < 4.78 is 5.45. The smallest absolute Gasteiger partial charge is 0.316 e. The second kappa shape index (κ2) is 6.26. The molecule has 1 atom stereocenters. The molecule has 1 saturated heterocycles. The van der Waals surface area contributed by atoms with E-state index in [1.165, 1.54) is 0 Å². The number of hydrogen-bond donors (Lipinski definition) is 1. The van der Waals surface area contributed by atoms with Crippen molar-refractivity contribution >= 4 is 17.5 Å². The molecule has 0 saturated carbocycles. The van der Waals surface area contributed by atoms with Crippen LogP contribution in [-0.2, 0) is 20.7 Å². The maximum absolute atomic E-state index is 12.3. The zero-order chi connectivity index (χ0) is 14.7. The Bertz CT molecular complexity index is 538. The van der Waals surface area contributed by atoms with Crippen molar-refractivity contribution in [1.82, 2.24) is 5.32 Å². The lowest BCUT2D eigenvalue weighted by molar-refractivity contribution is -0.137. The fourth-order valence-corrected chi connectivity index (χ4v) is 2.95. The first-order valence-corrected chi connectivity index (χ1v) is 7.55. The van der Waals surface area contributed by atoms with E-state index in [2.05, 4.69) is 5.32 Å². The van der Waals surface area contributed by atoms with Crippen molar-refractivity contribution in [2.75, 3.05) is 24.6 Å². The maximum Gasteiger partial charge on any atom is 0.316 e. The lowest BCUT2D eigenvalue weighted by atomic mass is 10.0. The molecule has 2 amide bonds. The number of carbonyl (C=O) groups is 2. The van der Waals surface area contributed by atoms with Gasteiger partial charge in [0.15, 0.2) is 0 Å². The zero-order valence-electron chi connectivity index (χ0n) is 12.0. The van der Waals surface area contributed by atoms with E-state index in [0.29, 0.717) is 13.1 Å². The molecule has 1 aromatic rings. The summed E-state index contributed by atoms with van der Waals surface area (Å²) in [6.07, 6.45) is 3.87. The predicted octanol–water partition coefficient (Wildman–Crippen LogP) is 1.26. The molecule has 2 aliphatic heterocycles. The Labute approximate surface area is 124 Å². The summed E-state index contributed by atoms with van der Waals surface area (Å²) in [6.45, 7) is 1.76. The third kappa shape index (κ3) is 3.08. The number of nitrogens with one attached hydrogen (secondary N) is 1. The molecule has 2 aliphatic rings. The number of benzene rings is 1. The quantitative estimate of drug-likeness (QED) is 0.834. The topological polar surface area (TPSA) is 58.6 Å². The monoisotopic (exact) mass is 288 g/mol. The van der Waals surface area contributed by atoms with Crippen molar-refractivity contribution < 1.29 is 14.3 Å². The van der Waals surface area contributed by atoms with Crippen LogP contribution in [0.1, 0.15) is 24.8 Å². The van der Waals surface area contributed by atoms with Crippen molar-refractivity contribution in [3.8, 4) is 0 Å². The molecule has 1 unspecified atom stereocenters. The molecular formula is C16H20N2O3. The van der Waals surface area contributed by atoms with Crippen LogP contribution in [0.4, 0.5) is 5.69 Å². The second-order valence-electron chi connectivity index (χ2n) is 5.53. The summed E-state index contributed by atoms with van der Waals surface area (Å²) in [5, 5.41) is 2.70. The van der Waals surface area contributed by atoms with Crippen LogP contribution in [0.25, 0.3) is 0 Å². The van der Waals surface area contributed by atoms with Crippen molar-refractivity contribution in [3.63, 3.8) is 0 Å². The molecule has 2 heterocycles. The van der Waals surface area contributed by atoms with Crippen molar-refractivity contribution in [2.45, 2.75) is 31.8 Å². The number of nitrogens with zero attached hydrogens (tertiary/aromatic N) is 1. The van der Waals surface area contributed by atoms with E-state index in [4.69, 9.17) is 4.74 Å². The molecule has 112 valence electrons. The van der Waals surface area contributed by atoms with E-state index in [9.17, 15) is 9.59 Å². The highest BCUT2D eigenvalue weighted by atomic mass is 16.5. The third-order valence-electron chi connectivity index (χ3n) is 4.06. The van der Waals surface area contributed by atoms with Crippen molar-refractivity contribution in [3.05, 3.63) is 29.8 Å². The van der Waals surface area contributed by atoms with Gasteiger partial charge in [-0.15, -0.1) is 0 Å². The molecule has 0 aromatic heterocycles. The van der Waals surface area contributed by atoms with Crippen LogP contribution >= 0.6 is 0 Å². The van der Waals surface area contributed by atoms with Crippen LogP contribution in [0.2, 0.25) is 0 Å². The molecule has 1 fully saturated rings. The van der Waals surface area contributed by atoms with Gasteiger partial charge in [0, 0.05) is 25.4 Å². The van der Waals surface area contributed by atoms with Crippen molar-refractivity contribution in [1.29, 1.82) is 0 Å². The van der Waals surface area contributed by atoms with Crippen LogP contribution in [-0.4, -0.2) is 37.6 Å². The number of amides is 2. The molecule has 3 rings (SSSR count). The summed E-state index contributed by atoms with van der Waals surface area (Å²) in [5.74, 6) is -1.01. The van der Waals surface area contributed by atoms with Gasteiger partial charge in [-0.05, 0) is 37.3 Å². The molecule has 1 aromatic carbocycles. The molecule has 0 aliphatic carbocycles. The average Bonchev–Trinajstić information content (AvgIpc) is 3.05. The minimum absolute atomic E-state index is 0.0513. The Balaban J connectivity index is 1.63. The summed E-state index contributed by atoms with van der Waals surface area (Å²) in [4.78, 5) is 26.0. The number of para-hydroxylation sites is 1. The molecular weight excluding hydrogens is 268 g/mol. The molecule has 5 nitrogen and oxygen atoms in total. The lowest BCUT2D eigenvalue weighted by Crippen LogP contribution is -2.46. The van der Waals surface area contributed by atoms with Crippen LogP contribution in [0, 0.1) is 0 Å². The van der Waals surface area contributed by atoms with Crippen LogP contribution in [0.5, 0.6) is 0 Å². The first kappa shape index (κ1) is 14.1. The molecule has 0 spiro atoms. The fourth-order valence-electron chi connectivity index (χ4n) is 2.95. The summed E-state index contributed by atoms with van der Waals surface area (Å²) in [6, 6.07) is 7.78. The van der Waals surface area contributed by atoms with E-state index in [-0.39, 0.29) is 6.10 Å². The number of hydrogen-bond acceptors (Lipinski definition) is 3. The summed E-state index contributed by atoms with van der Waals surface area (Å²) in [7, 11) is 0. The SMILES string of the molecule is O=C(NCC1CCCO1)C(=O)N1CCCc2ccccc21. The molecule has 21 heavy (non-hydrogen) atoms. The highest BCUT2D eigenvalue weighted by Gasteiger charge is 2.27. The van der Waals surface area contributed by atoms with Gasteiger partial charge in [-0.25, -0.2) is 0 Å².